The first-order valence-electron chi connectivity index (χ1n) is 8.15. The lowest BCUT2D eigenvalue weighted by Crippen LogP contribution is -2.33. The Morgan fingerprint density at radius 2 is 2.42 bits per heavy atom. The first kappa shape index (κ1) is 18.9. The van der Waals surface area contributed by atoms with Gasteiger partial charge in [0.25, 0.3) is 0 Å². The summed E-state index contributed by atoms with van der Waals surface area (Å²) < 4.78 is 5.20. The molecule has 0 bridgehead atoms. The second-order valence-corrected chi connectivity index (χ2v) is 6.79. The zero-order valence-electron chi connectivity index (χ0n) is 13.5. The van der Waals surface area contributed by atoms with E-state index in [1.807, 2.05) is 17.5 Å². The van der Waals surface area contributed by atoms with E-state index in [0.717, 1.165) is 30.9 Å². The molecule has 8 heteroatoms. The maximum atomic E-state index is 11.9. The molecule has 2 aromatic heterocycles. The number of amides is 1. The molecule has 1 saturated heterocycles. The number of carbonyl (C=O) groups excluding carboxylic acids is 1. The SMILES string of the molecule is Cl.O=C(CCc1nc(-c2cccs2)no1)NCCC1CCCNC1. The fourth-order valence-electron chi connectivity index (χ4n) is 2.76. The molecular weight excluding hydrogens is 348 g/mol. The lowest BCUT2D eigenvalue weighted by Gasteiger charge is -2.22. The highest BCUT2D eigenvalue weighted by atomic mass is 35.5. The van der Waals surface area contributed by atoms with Gasteiger partial charge in [-0.2, -0.15) is 4.98 Å². The van der Waals surface area contributed by atoms with Gasteiger partial charge in [-0.15, -0.1) is 23.7 Å². The molecular formula is C16H23ClN4O2S. The molecule has 0 spiro atoms. The molecule has 132 valence electrons. The topological polar surface area (TPSA) is 80.0 Å². The van der Waals surface area contributed by atoms with Gasteiger partial charge >= 0.3 is 0 Å². The summed E-state index contributed by atoms with van der Waals surface area (Å²) in [5, 5.41) is 12.3. The second kappa shape index (κ2) is 9.76. The van der Waals surface area contributed by atoms with Crippen LogP contribution >= 0.6 is 23.7 Å². The number of thiophene rings is 1. The average molecular weight is 371 g/mol. The molecule has 1 aliphatic heterocycles. The van der Waals surface area contributed by atoms with Crippen molar-refractivity contribution in [3.05, 3.63) is 23.4 Å². The van der Waals surface area contributed by atoms with E-state index in [1.165, 1.54) is 12.8 Å². The van der Waals surface area contributed by atoms with Crippen molar-refractivity contribution in [2.24, 2.45) is 5.92 Å². The molecule has 0 saturated carbocycles. The molecule has 1 unspecified atom stereocenters. The fraction of sp³-hybridized carbons (Fsp3) is 0.562. The average Bonchev–Trinajstić information content (AvgIpc) is 3.25. The van der Waals surface area contributed by atoms with Gasteiger partial charge in [-0.3, -0.25) is 4.79 Å². The zero-order chi connectivity index (χ0) is 15.9. The van der Waals surface area contributed by atoms with Crippen molar-refractivity contribution in [1.29, 1.82) is 0 Å². The van der Waals surface area contributed by atoms with Crippen molar-refractivity contribution in [3.63, 3.8) is 0 Å². The smallest absolute Gasteiger partial charge is 0.227 e. The predicted molar refractivity (Wildman–Crippen MR) is 96.4 cm³/mol. The minimum absolute atomic E-state index is 0. The number of aryl methyl sites for hydroxylation is 1. The number of halogens is 1. The maximum Gasteiger partial charge on any atom is 0.227 e. The quantitative estimate of drug-likeness (QED) is 0.783. The van der Waals surface area contributed by atoms with Crippen LogP contribution < -0.4 is 10.6 Å². The molecule has 2 aromatic rings. The lowest BCUT2D eigenvalue weighted by molar-refractivity contribution is -0.121. The second-order valence-electron chi connectivity index (χ2n) is 5.84. The Balaban J connectivity index is 0.00000208. The standard InChI is InChI=1S/C16H22N4O2S.ClH/c21-14(18-9-7-12-3-1-8-17-11-12)5-6-15-19-16(20-22-15)13-4-2-10-23-13;/h2,4,10,12,17H,1,3,5-9,11H2,(H,18,21);1H. The van der Waals surface area contributed by atoms with Crippen LogP contribution in [0.25, 0.3) is 10.7 Å². The molecule has 0 aliphatic carbocycles. The van der Waals surface area contributed by atoms with Crippen LogP contribution in [0.4, 0.5) is 0 Å². The molecule has 3 rings (SSSR count). The van der Waals surface area contributed by atoms with Gasteiger partial charge in [0.05, 0.1) is 4.88 Å². The Hall–Kier alpha value is -1.44. The van der Waals surface area contributed by atoms with Gasteiger partial charge in [-0.25, -0.2) is 0 Å². The molecule has 1 fully saturated rings. The van der Waals surface area contributed by atoms with Crippen molar-refractivity contribution in [2.45, 2.75) is 32.1 Å². The van der Waals surface area contributed by atoms with E-state index in [2.05, 4.69) is 20.8 Å². The number of nitrogens with zero attached hydrogens (tertiary/aromatic N) is 2. The van der Waals surface area contributed by atoms with Crippen LogP contribution in [0.3, 0.4) is 0 Å². The monoisotopic (exact) mass is 370 g/mol. The third-order valence-electron chi connectivity index (χ3n) is 4.05. The largest absolute Gasteiger partial charge is 0.356 e. The third-order valence-corrected chi connectivity index (χ3v) is 4.92. The van der Waals surface area contributed by atoms with E-state index in [4.69, 9.17) is 4.52 Å². The van der Waals surface area contributed by atoms with Crippen LogP contribution in [0.1, 0.15) is 31.6 Å². The maximum absolute atomic E-state index is 11.9. The molecule has 6 nitrogen and oxygen atoms in total. The van der Waals surface area contributed by atoms with Crippen molar-refractivity contribution < 1.29 is 9.32 Å². The van der Waals surface area contributed by atoms with Gasteiger partial charge in [0.1, 0.15) is 0 Å². The van der Waals surface area contributed by atoms with E-state index in [9.17, 15) is 4.79 Å². The number of piperidine rings is 1. The van der Waals surface area contributed by atoms with E-state index < -0.39 is 0 Å². The normalized spacial score (nSPS) is 17.2. The highest BCUT2D eigenvalue weighted by molar-refractivity contribution is 7.13. The molecule has 24 heavy (non-hydrogen) atoms. The van der Waals surface area contributed by atoms with Crippen molar-refractivity contribution >= 4 is 29.7 Å². The van der Waals surface area contributed by atoms with Crippen LogP contribution in [0, 0.1) is 5.92 Å². The van der Waals surface area contributed by atoms with Crippen LogP contribution in [-0.2, 0) is 11.2 Å². The van der Waals surface area contributed by atoms with Gasteiger partial charge in [0.15, 0.2) is 0 Å². The van der Waals surface area contributed by atoms with Gasteiger partial charge in [0.2, 0.25) is 17.6 Å². The Labute approximate surface area is 151 Å². The summed E-state index contributed by atoms with van der Waals surface area (Å²) in [6.07, 6.45) is 4.41. The zero-order valence-corrected chi connectivity index (χ0v) is 15.1. The third kappa shape index (κ3) is 5.58. The Kier molecular flexibility index (Phi) is 7.68. The van der Waals surface area contributed by atoms with E-state index >= 15 is 0 Å². The molecule has 1 atom stereocenters. The van der Waals surface area contributed by atoms with Gasteiger partial charge in [-0.1, -0.05) is 11.2 Å². The first-order valence-corrected chi connectivity index (χ1v) is 9.03. The molecule has 1 aliphatic rings. The Bertz CT molecular complexity index is 611. The van der Waals surface area contributed by atoms with Gasteiger partial charge in [-0.05, 0) is 49.7 Å². The Morgan fingerprint density at radius 3 is 3.17 bits per heavy atom. The number of carbonyl (C=O) groups is 1. The summed E-state index contributed by atoms with van der Waals surface area (Å²) in [6, 6.07) is 3.90. The summed E-state index contributed by atoms with van der Waals surface area (Å²) in [5.41, 5.74) is 0. The number of hydrogen-bond donors (Lipinski definition) is 2. The number of nitrogens with one attached hydrogen (secondary N) is 2. The minimum Gasteiger partial charge on any atom is -0.356 e. The summed E-state index contributed by atoms with van der Waals surface area (Å²) in [7, 11) is 0. The van der Waals surface area contributed by atoms with Gasteiger partial charge < -0.3 is 15.2 Å². The van der Waals surface area contributed by atoms with Crippen LogP contribution in [-0.4, -0.2) is 35.7 Å². The summed E-state index contributed by atoms with van der Waals surface area (Å²) in [5.74, 6) is 1.85. The van der Waals surface area contributed by atoms with Crippen molar-refractivity contribution in [2.75, 3.05) is 19.6 Å². The van der Waals surface area contributed by atoms with E-state index in [0.29, 0.717) is 30.5 Å². The highest BCUT2D eigenvalue weighted by Crippen LogP contribution is 2.21. The van der Waals surface area contributed by atoms with Crippen molar-refractivity contribution in [1.82, 2.24) is 20.8 Å². The molecule has 2 N–H and O–H groups in total. The number of rotatable bonds is 7. The van der Waals surface area contributed by atoms with Crippen LogP contribution in [0.5, 0.6) is 0 Å². The summed E-state index contributed by atoms with van der Waals surface area (Å²) >= 11 is 1.57. The molecule has 0 radical (unpaired) electrons. The minimum atomic E-state index is 0. The Morgan fingerprint density at radius 1 is 1.50 bits per heavy atom. The summed E-state index contributed by atoms with van der Waals surface area (Å²) in [4.78, 5) is 17.2. The molecule has 1 amide bonds. The fourth-order valence-corrected chi connectivity index (χ4v) is 3.41. The van der Waals surface area contributed by atoms with Crippen LogP contribution in [0.15, 0.2) is 22.0 Å². The molecule has 3 heterocycles. The lowest BCUT2D eigenvalue weighted by atomic mass is 9.96. The van der Waals surface area contributed by atoms with Crippen LogP contribution in [0.2, 0.25) is 0 Å². The predicted octanol–water partition coefficient (Wildman–Crippen LogP) is 2.66. The number of aromatic nitrogens is 2. The van der Waals surface area contributed by atoms with E-state index in [1.54, 1.807) is 11.3 Å². The molecule has 0 aromatic carbocycles. The number of hydrogen-bond acceptors (Lipinski definition) is 6. The first-order chi connectivity index (χ1) is 11.3. The van der Waals surface area contributed by atoms with Crippen molar-refractivity contribution in [3.8, 4) is 10.7 Å². The van der Waals surface area contributed by atoms with Gasteiger partial charge in [0, 0.05) is 19.4 Å². The summed E-state index contributed by atoms with van der Waals surface area (Å²) in [6.45, 7) is 2.94. The highest BCUT2D eigenvalue weighted by Gasteiger charge is 2.14. The van der Waals surface area contributed by atoms with E-state index in [-0.39, 0.29) is 18.3 Å².